The van der Waals surface area contributed by atoms with Crippen LogP contribution in [0.4, 0.5) is 10.1 Å². The Morgan fingerprint density at radius 1 is 1.10 bits per heavy atom. The van der Waals surface area contributed by atoms with Crippen molar-refractivity contribution in [3.63, 3.8) is 0 Å². The van der Waals surface area contributed by atoms with Gasteiger partial charge >= 0.3 is 5.97 Å². The van der Waals surface area contributed by atoms with Crippen molar-refractivity contribution in [2.75, 3.05) is 32.1 Å². The molecule has 2 aromatic rings. The van der Waals surface area contributed by atoms with E-state index < -0.39 is 34.3 Å². The molecule has 0 fully saturated rings. The number of anilines is 1. The number of benzene rings is 2. The number of likely N-dealkylation sites (N-methyl/N-ethyl adjacent to an activating group) is 1. The zero-order valence-electron chi connectivity index (χ0n) is 16.8. The lowest BCUT2D eigenvalue weighted by Gasteiger charge is -2.21. The largest absolute Gasteiger partial charge is 0.495 e. The van der Waals surface area contributed by atoms with Crippen molar-refractivity contribution in [1.29, 1.82) is 0 Å². The van der Waals surface area contributed by atoms with Crippen molar-refractivity contribution >= 4 is 27.6 Å². The van der Waals surface area contributed by atoms with E-state index >= 15 is 0 Å². The van der Waals surface area contributed by atoms with E-state index in [1.807, 2.05) is 0 Å². The highest BCUT2D eigenvalue weighted by atomic mass is 32.2. The standard InChI is InChI=1S/C20H23FN2O6S/c1-4-23(30(26,27)18-12-15(21)8-11-17(18)28-3)13-19(24)22-16-9-6-14(7-10-16)20(25)29-5-2/h6-12H,4-5,13H2,1-3H3,(H,22,24). The van der Waals surface area contributed by atoms with Gasteiger partial charge in [-0.3, -0.25) is 4.79 Å². The van der Waals surface area contributed by atoms with Gasteiger partial charge in [-0.15, -0.1) is 0 Å². The second-order valence-electron chi connectivity index (χ2n) is 6.07. The number of carbonyl (C=O) groups is 2. The van der Waals surface area contributed by atoms with Crippen LogP contribution >= 0.6 is 0 Å². The number of amides is 1. The molecule has 0 aliphatic carbocycles. The van der Waals surface area contributed by atoms with Gasteiger partial charge in [0.2, 0.25) is 15.9 Å². The molecule has 0 saturated carbocycles. The third-order valence-electron chi connectivity index (χ3n) is 4.10. The first kappa shape index (κ1) is 23.3. The number of sulfonamides is 1. The van der Waals surface area contributed by atoms with Gasteiger partial charge in [0.15, 0.2) is 0 Å². The first-order valence-corrected chi connectivity index (χ1v) is 10.6. The van der Waals surface area contributed by atoms with E-state index in [0.29, 0.717) is 11.3 Å². The van der Waals surface area contributed by atoms with Gasteiger partial charge in [-0.25, -0.2) is 17.6 Å². The molecule has 10 heteroatoms. The summed E-state index contributed by atoms with van der Waals surface area (Å²) in [7, 11) is -2.91. The first-order valence-electron chi connectivity index (χ1n) is 9.13. The SMILES string of the molecule is CCOC(=O)c1ccc(NC(=O)CN(CC)S(=O)(=O)c2cc(F)ccc2OC)cc1. The Morgan fingerprint density at radius 2 is 1.77 bits per heavy atom. The second-order valence-corrected chi connectivity index (χ2v) is 7.98. The highest BCUT2D eigenvalue weighted by Crippen LogP contribution is 2.27. The van der Waals surface area contributed by atoms with Gasteiger partial charge in [0.1, 0.15) is 16.5 Å². The van der Waals surface area contributed by atoms with Crippen LogP contribution in [0.1, 0.15) is 24.2 Å². The fraction of sp³-hybridized carbons (Fsp3) is 0.300. The van der Waals surface area contributed by atoms with E-state index in [2.05, 4.69) is 5.32 Å². The number of nitrogens with zero attached hydrogens (tertiary/aromatic N) is 1. The Morgan fingerprint density at radius 3 is 2.33 bits per heavy atom. The number of hydrogen-bond donors (Lipinski definition) is 1. The van der Waals surface area contributed by atoms with E-state index in [1.54, 1.807) is 13.8 Å². The molecule has 0 unspecified atom stereocenters. The van der Waals surface area contributed by atoms with Gasteiger partial charge in [0.25, 0.3) is 0 Å². The topological polar surface area (TPSA) is 102 Å². The quantitative estimate of drug-likeness (QED) is 0.604. The van der Waals surface area contributed by atoms with Gasteiger partial charge in [-0.2, -0.15) is 4.31 Å². The minimum absolute atomic E-state index is 0.0166. The average molecular weight is 438 g/mol. The summed E-state index contributed by atoms with van der Waals surface area (Å²) in [6.07, 6.45) is 0. The van der Waals surface area contributed by atoms with Crippen LogP contribution in [-0.4, -0.2) is 51.4 Å². The maximum Gasteiger partial charge on any atom is 0.338 e. The summed E-state index contributed by atoms with van der Waals surface area (Å²) in [5.41, 5.74) is 0.704. The number of carbonyl (C=O) groups excluding carboxylic acids is 2. The molecule has 2 aromatic carbocycles. The highest BCUT2D eigenvalue weighted by molar-refractivity contribution is 7.89. The van der Waals surface area contributed by atoms with Gasteiger partial charge in [0, 0.05) is 12.2 Å². The minimum Gasteiger partial charge on any atom is -0.495 e. The molecule has 0 saturated heterocycles. The summed E-state index contributed by atoms with van der Waals surface area (Å²) in [6, 6.07) is 9.12. The molecule has 1 N–H and O–H groups in total. The molecule has 0 aliphatic heterocycles. The Balaban J connectivity index is 2.14. The molecule has 0 spiro atoms. The molecule has 0 aliphatic rings. The molecule has 30 heavy (non-hydrogen) atoms. The van der Waals surface area contributed by atoms with Crippen molar-refractivity contribution in [3.8, 4) is 5.75 Å². The summed E-state index contributed by atoms with van der Waals surface area (Å²) < 4.78 is 50.3. The van der Waals surface area contributed by atoms with Crippen LogP contribution in [0.5, 0.6) is 5.75 Å². The van der Waals surface area contributed by atoms with E-state index in [-0.39, 0.29) is 23.8 Å². The number of nitrogens with one attached hydrogen (secondary N) is 1. The molecule has 0 atom stereocenters. The maximum absolute atomic E-state index is 13.6. The zero-order valence-corrected chi connectivity index (χ0v) is 17.7. The Labute approximate surface area is 174 Å². The van der Waals surface area contributed by atoms with E-state index in [4.69, 9.17) is 9.47 Å². The summed E-state index contributed by atoms with van der Waals surface area (Å²) in [5, 5.41) is 2.57. The van der Waals surface area contributed by atoms with Crippen LogP contribution in [-0.2, 0) is 19.6 Å². The molecule has 0 radical (unpaired) electrons. The molecule has 8 nitrogen and oxygen atoms in total. The van der Waals surface area contributed by atoms with Crippen LogP contribution in [0.15, 0.2) is 47.4 Å². The molecule has 0 aromatic heterocycles. The number of rotatable bonds is 9. The predicted octanol–water partition coefficient (Wildman–Crippen LogP) is 2.66. The van der Waals surface area contributed by atoms with Crippen molar-refractivity contribution in [1.82, 2.24) is 4.31 Å². The maximum atomic E-state index is 13.6. The summed E-state index contributed by atoms with van der Waals surface area (Å²) in [4.78, 5) is 23.7. The fourth-order valence-corrected chi connectivity index (χ4v) is 4.20. The monoisotopic (exact) mass is 438 g/mol. The lowest BCUT2D eigenvalue weighted by Crippen LogP contribution is -2.38. The molecule has 0 bridgehead atoms. The predicted molar refractivity (Wildman–Crippen MR) is 108 cm³/mol. The summed E-state index contributed by atoms with van der Waals surface area (Å²) in [6.45, 7) is 2.99. The third-order valence-corrected chi connectivity index (χ3v) is 6.04. The third kappa shape index (κ3) is 5.55. The van der Waals surface area contributed by atoms with Crippen LogP contribution in [0.25, 0.3) is 0 Å². The molecule has 162 valence electrons. The highest BCUT2D eigenvalue weighted by Gasteiger charge is 2.29. The van der Waals surface area contributed by atoms with E-state index in [1.165, 1.54) is 37.4 Å². The molecule has 0 heterocycles. The summed E-state index contributed by atoms with van der Waals surface area (Å²) in [5.74, 6) is -1.84. The molecular weight excluding hydrogens is 415 g/mol. The van der Waals surface area contributed by atoms with Crippen molar-refractivity contribution in [3.05, 3.63) is 53.8 Å². The number of ether oxygens (including phenoxy) is 2. The van der Waals surface area contributed by atoms with Gasteiger partial charge in [-0.1, -0.05) is 6.92 Å². The van der Waals surface area contributed by atoms with Gasteiger partial charge < -0.3 is 14.8 Å². The smallest absolute Gasteiger partial charge is 0.338 e. The van der Waals surface area contributed by atoms with Gasteiger partial charge in [-0.05, 0) is 49.4 Å². The Hall–Kier alpha value is -2.98. The normalized spacial score (nSPS) is 11.2. The number of esters is 1. The van der Waals surface area contributed by atoms with Crippen molar-refractivity contribution < 1.29 is 31.9 Å². The molecule has 1 amide bonds. The van der Waals surface area contributed by atoms with Crippen molar-refractivity contribution in [2.24, 2.45) is 0 Å². The Bertz CT molecular complexity index is 1010. The minimum atomic E-state index is -4.18. The molecule has 2 rings (SSSR count). The van der Waals surface area contributed by atoms with Crippen LogP contribution in [0.2, 0.25) is 0 Å². The van der Waals surface area contributed by atoms with E-state index in [0.717, 1.165) is 16.4 Å². The number of methoxy groups -OCH3 is 1. The number of halogens is 1. The zero-order chi connectivity index (χ0) is 22.3. The summed E-state index contributed by atoms with van der Waals surface area (Å²) >= 11 is 0. The van der Waals surface area contributed by atoms with Crippen LogP contribution in [0.3, 0.4) is 0 Å². The second kappa shape index (κ2) is 10.2. The lowest BCUT2D eigenvalue weighted by atomic mass is 10.2. The van der Waals surface area contributed by atoms with Gasteiger partial charge in [0.05, 0.1) is 25.8 Å². The first-order chi connectivity index (χ1) is 14.2. The fourth-order valence-electron chi connectivity index (χ4n) is 2.62. The van der Waals surface area contributed by atoms with Crippen LogP contribution in [0, 0.1) is 5.82 Å². The molecular formula is C20H23FN2O6S. The Kier molecular flexibility index (Phi) is 7.90. The average Bonchev–Trinajstić information content (AvgIpc) is 2.72. The number of hydrogen-bond acceptors (Lipinski definition) is 6. The van der Waals surface area contributed by atoms with E-state index in [9.17, 15) is 22.4 Å². The lowest BCUT2D eigenvalue weighted by molar-refractivity contribution is -0.116. The van der Waals surface area contributed by atoms with Crippen LogP contribution < -0.4 is 10.1 Å². The van der Waals surface area contributed by atoms with Crippen molar-refractivity contribution in [2.45, 2.75) is 18.7 Å².